The summed E-state index contributed by atoms with van der Waals surface area (Å²) in [5.74, 6) is 1.09. The van der Waals surface area contributed by atoms with Crippen LogP contribution in [-0.4, -0.2) is 19.9 Å². The molecule has 0 unspecified atom stereocenters. The van der Waals surface area contributed by atoms with E-state index in [0.717, 1.165) is 11.1 Å². The maximum Gasteiger partial charge on any atom is 0.248 e. The number of aromatic nitrogens is 4. The molecule has 96 valence electrons. The maximum absolute atomic E-state index is 5.60. The van der Waals surface area contributed by atoms with Gasteiger partial charge in [-0.1, -0.05) is 29.4 Å². The summed E-state index contributed by atoms with van der Waals surface area (Å²) >= 11 is 0. The topological polar surface area (TPSA) is 82.8 Å². The van der Waals surface area contributed by atoms with Gasteiger partial charge in [-0.2, -0.15) is 10.1 Å². The van der Waals surface area contributed by atoms with Gasteiger partial charge in [-0.15, -0.1) is 0 Å². The summed E-state index contributed by atoms with van der Waals surface area (Å²) in [7, 11) is 0. The van der Waals surface area contributed by atoms with Crippen molar-refractivity contribution >= 4 is 5.69 Å². The van der Waals surface area contributed by atoms with E-state index in [-0.39, 0.29) is 0 Å². The van der Waals surface area contributed by atoms with E-state index in [4.69, 9.17) is 10.3 Å². The minimum atomic E-state index is 0.413. The van der Waals surface area contributed by atoms with Crippen LogP contribution < -0.4 is 5.73 Å². The Morgan fingerprint density at radius 3 is 2.89 bits per heavy atom. The minimum absolute atomic E-state index is 0.413. The molecule has 2 aromatic heterocycles. The van der Waals surface area contributed by atoms with E-state index >= 15 is 0 Å². The third kappa shape index (κ3) is 2.33. The molecule has 0 saturated carbocycles. The molecule has 0 saturated heterocycles. The van der Waals surface area contributed by atoms with E-state index in [1.807, 2.05) is 31.2 Å². The Kier molecular flexibility index (Phi) is 2.75. The van der Waals surface area contributed by atoms with Gasteiger partial charge in [-0.3, -0.25) is 4.68 Å². The zero-order chi connectivity index (χ0) is 13.2. The molecule has 0 atom stereocenters. The van der Waals surface area contributed by atoms with Crippen LogP contribution in [0.1, 0.15) is 11.5 Å². The average Bonchev–Trinajstić information content (AvgIpc) is 3.00. The predicted molar refractivity (Wildman–Crippen MR) is 70.2 cm³/mol. The summed E-state index contributed by atoms with van der Waals surface area (Å²) in [5, 5.41) is 8.07. The summed E-state index contributed by atoms with van der Waals surface area (Å²) in [6.07, 6.45) is 3.30. The fraction of sp³-hybridized carbons (Fsp3) is 0.154. The van der Waals surface area contributed by atoms with Gasteiger partial charge in [-0.25, -0.2) is 0 Å². The van der Waals surface area contributed by atoms with Crippen LogP contribution in [-0.2, 0) is 6.54 Å². The molecule has 6 nitrogen and oxygen atoms in total. The van der Waals surface area contributed by atoms with Gasteiger partial charge in [0.05, 0.1) is 11.9 Å². The first kappa shape index (κ1) is 11.5. The van der Waals surface area contributed by atoms with Gasteiger partial charge in [0.1, 0.15) is 6.54 Å². The van der Waals surface area contributed by atoms with Gasteiger partial charge in [0.2, 0.25) is 11.7 Å². The molecular formula is C13H13N5O. The number of rotatable bonds is 3. The highest BCUT2D eigenvalue weighted by molar-refractivity contribution is 5.58. The molecule has 1 aromatic carbocycles. The Bertz CT molecular complexity index is 700. The lowest BCUT2D eigenvalue weighted by Gasteiger charge is -1.98. The number of nitrogens with zero attached hydrogens (tertiary/aromatic N) is 4. The van der Waals surface area contributed by atoms with E-state index in [9.17, 15) is 0 Å². The van der Waals surface area contributed by atoms with Crippen molar-refractivity contribution in [2.45, 2.75) is 13.5 Å². The molecule has 3 rings (SSSR count). The molecule has 2 N–H and O–H groups in total. The second kappa shape index (κ2) is 4.56. The van der Waals surface area contributed by atoms with Crippen LogP contribution in [0.15, 0.2) is 41.2 Å². The number of benzene rings is 1. The van der Waals surface area contributed by atoms with E-state index in [2.05, 4.69) is 15.2 Å². The van der Waals surface area contributed by atoms with E-state index in [0.29, 0.717) is 23.9 Å². The fourth-order valence-electron chi connectivity index (χ4n) is 1.86. The van der Waals surface area contributed by atoms with E-state index in [1.54, 1.807) is 17.1 Å². The second-order valence-corrected chi connectivity index (χ2v) is 4.30. The third-order valence-electron chi connectivity index (χ3n) is 2.80. The first-order valence-corrected chi connectivity index (χ1v) is 5.89. The van der Waals surface area contributed by atoms with Gasteiger partial charge in [0.25, 0.3) is 0 Å². The third-order valence-corrected chi connectivity index (χ3v) is 2.80. The van der Waals surface area contributed by atoms with Crippen LogP contribution in [0, 0.1) is 6.92 Å². The molecule has 0 aliphatic carbocycles. The maximum atomic E-state index is 5.60. The smallest absolute Gasteiger partial charge is 0.248 e. The van der Waals surface area contributed by atoms with Crippen LogP contribution in [0.5, 0.6) is 0 Å². The number of nitrogens with two attached hydrogens (primary N) is 1. The highest BCUT2D eigenvalue weighted by atomic mass is 16.5. The standard InChI is InChI=1S/C13H13N5O/c1-9-4-2-3-5-11(9)13-16-12(19-17-13)8-18-7-10(14)6-15-18/h2-7H,8,14H2,1H3. The minimum Gasteiger partial charge on any atom is -0.396 e. The number of hydrogen-bond acceptors (Lipinski definition) is 5. The largest absolute Gasteiger partial charge is 0.396 e. The predicted octanol–water partition coefficient (Wildman–Crippen LogP) is 1.87. The van der Waals surface area contributed by atoms with Crippen molar-refractivity contribution in [1.82, 2.24) is 19.9 Å². The summed E-state index contributed by atoms with van der Waals surface area (Å²) in [6.45, 7) is 2.43. The fourth-order valence-corrected chi connectivity index (χ4v) is 1.86. The van der Waals surface area contributed by atoms with Crippen LogP contribution in [0.4, 0.5) is 5.69 Å². The second-order valence-electron chi connectivity index (χ2n) is 4.30. The van der Waals surface area contributed by atoms with Gasteiger partial charge >= 0.3 is 0 Å². The molecule has 0 spiro atoms. The molecule has 3 aromatic rings. The number of nitrogen functional groups attached to an aromatic ring is 1. The SMILES string of the molecule is Cc1ccccc1-c1noc(Cn2cc(N)cn2)n1. The average molecular weight is 255 g/mol. The van der Waals surface area contributed by atoms with Crippen molar-refractivity contribution in [3.63, 3.8) is 0 Å². The van der Waals surface area contributed by atoms with Crippen molar-refractivity contribution in [1.29, 1.82) is 0 Å². The highest BCUT2D eigenvalue weighted by Crippen LogP contribution is 2.19. The lowest BCUT2D eigenvalue weighted by Crippen LogP contribution is -2.00. The van der Waals surface area contributed by atoms with Gasteiger partial charge in [0, 0.05) is 11.8 Å². The van der Waals surface area contributed by atoms with Crippen molar-refractivity contribution < 1.29 is 4.52 Å². The van der Waals surface area contributed by atoms with Gasteiger partial charge < -0.3 is 10.3 Å². The summed E-state index contributed by atoms with van der Waals surface area (Å²) in [6, 6.07) is 7.91. The number of hydrogen-bond donors (Lipinski definition) is 1. The Morgan fingerprint density at radius 1 is 1.32 bits per heavy atom. The molecule has 0 amide bonds. The molecule has 19 heavy (non-hydrogen) atoms. The first-order chi connectivity index (χ1) is 9.22. The number of anilines is 1. The lowest BCUT2D eigenvalue weighted by atomic mass is 10.1. The van der Waals surface area contributed by atoms with Crippen LogP contribution in [0.2, 0.25) is 0 Å². The van der Waals surface area contributed by atoms with E-state index < -0.39 is 0 Å². The molecule has 6 heteroatoms. The highest BCUT2D eigenvalue weighted by Gasteiger charge is 2.11. The molecular weight excluding hydrogens is 242 g/mol. The quantitative estimate of drug-likeness (QED) is 0.772. The molecule has 0 bridgehead atoms. The Labute approximate surface area is 109 Å². The van der Waals surface area contributed by atoms with Crippen molar-refractivity contribution in [2.24, 2.45) is 0 Å². The van der Waals surface area contributed by atoms with Crippen molar-refractivity contribution in [3.05, 3.63) is 48.1 Å². The number of aryl methyl sites for hydroxylation is 1. The van der Waals surface area contributed by atoms with Crippen molar-refractivity contribution in [2.75, 3.05) is 5.73 Å². The molecule has 0 aliphatic heterocycles. The van der Waals surface area contributed by atoms with Gasteiger partial charge in [0.15, 0.2) is 0 Å². The molecule has 0 aliphatic rings. The molecule has 0 fully saturated rings. The zero-order valence-corrected chi connectivity index (χ0v) is 10.4. The molecule has 0 radical (unpaired) electrons. The zero-order valence-electron chi connectivity index (χ0n) is 10.4. The summed E-state index contributed by atoms with van der Waals surface area (Å²) in [4.78, 5) is 4.37. The Morgan fingerprint density at radius 2 is 2.16 bits per heavy atom. The summed E-state index contributed by atoms with van der Waals surface area (Å²) < 4.78 is 6.88. The molecule has 2 heterocycles. The first-order valence-electron chi connectivity index (χ1n) is 5.89. The van der Waals surface area contributed by atoms with Gasteiger partial charge in [-0.05, 0) is 12.5 Å². The Balaban J connectivity index is 1.86. The van der Waals surface area contributed by atoms with Crippen molar-refractivity contribution in [3.8, 4) is 11.4 Å². The van der Waals surface area contributed by atoms with Crippen LogP contribution >= 0.6 is 0 Å². The van der Waals surface area contributed by atoms with E-state index in [1.165, 1.54) is 0 Å². The summed E-state index contributed by atoms with van der Waals surface area (Å²) in [5.41, 5.74) is 8.29. The van der Waals surface area contributed by atoms with Crippen LogP contribution in [0.25, 0.3) is 11.4 Å². The Hall–Kier alpha value is -2.63. The lowest BCUT2D eigenvalue weighted by molar-refractivity contribution is 0.366. The normalized spacial score (nSPS) is 10.8. The van der Waals surface area contributed by atoms with Crippen LogP contribution in [0.3, 0.4) is 0 Å². The monoisotopic (exact) mass is 255 g/mol.